The molecule has 12 nitrogen and oxygen atoms in total. The zero-order valence-electron chi connectivity index (χ0n) is 21.3. The van der Waals surface area contributed by atoms with Gasteiger partial charge in [0.2, 0.25) is 11.4 Å². The van der Waals surface area contributed by atoms with Gasteiger partial charge in [-0.3, -0.25) is 9.59 Å². The smallest absolute Gasteiger partial charge is 0.210 e. The number of Topliss-reactive ketones (excluding diaryl/α,β-unsaturated/α-hetero) is 2. The van der Waals surface area contributed by atoms with Gasteiger partial charge in [-0.15, -0.1) is 0 Å². The average molecular weight is 574 g/mol. The molecule has 0 saturated heterocycles. The minimum atomic E-state index is -2.93. The van der Waals surface area contributed by atoms with E-state index in [1.165, 1.54) is 30.3 Å². The van der Waals surface area contributed by atoms with E-state index in [1.807, 2.05) is 0 Å². The summed E-state index contributed by atoms with van der Waals surface area (Å²) >= 11 is 0. The van der Waals surface area contributed by atoms with Crippen LogP contribution >= 0.6 is 0 Å². The first-order valence-corrected chi connectivity index (χ1v) is 12.5. The number of hydrogen-bond acceptors (Lipinski definition) is 12. The third-order valence-corrected chi connectivity index (χ3v) is 7.36. The molecule has 0 bridgehead atoms. The van der Waals surface area contributed by atoms with Gasteiger partial charge in [-0.05, 0) is 35.4 Å². The van der Waals surface area contributed by atoms with E-state index in [-0.39, 0.29) is 29.0 Å². The number of benzene rings is 4. The maximum atomic E-state index is 14.2. The van der Waals surface area contributed by atoms with E-state index in [9.17, 15) is 50.4 Å². The number of phenolic OH excluding ortho intramolecular Hbond substituents is 7. The lowest BCUT2D eigenvalue weighted by molar-refractivity contribution is -0.0569. The van der Waals surface area contributed by atoms with E-state index in [2.05, 4.69) is 0 Å². The van der Waals surface area contributed by atoms with Gasteiger partial charge in [0, 0.05) is 18.2 Å². The second-order valence-electron chi connectivity index (χ2n) is 10.00. The summed E-state index contributed by atoms with van der Waals surface area (Å²) in [4.78, 5) is 27.5. The normalized spacial score (nSPS) is 21.2. The molecule has 0 aromatic heterocycles. The fourth-order valence-corrected chi connectivity index (χ4v) is 5.40. The highest BCUT2D eigenvalue weighted by Gasteiger charge is 2.57. The van der Waals surface area contributed by atoms with Gasteiger partial charge in [0.1, 0.15) is 57.5 Å². The van der Waals surface area contributed by atoms with Crippen LogP contribution in [0.25, 0.3) is 0 Å². The number of ether oxygens (including phenoxy) is 2. The molecule has 4 aromatic carbocycles. The lowest BCUT2D eigenvalue weighted by Gasteiger charge is -2.41. The fourth-order valence-electron chi connectivity index (χ4n) is 5.40. The molecule has 0 amide bonds. The Morgan fingerprint density at radius 2 is 1.31 bits per heavy atom. The molecule has 3 atom stereocenters. The summed E-state index contributed by atoms with van der Waals surface area (Å²) in [5.74, 6) is -6.64. The van der Waals surface area contributed by atoms with E-state index in [4.69, 9.17) is 9.47 Å². The Balaban J connectivity index is 1.62. The molecule has 2 heterocycles. The van der Waals surface area contributed by atoms with Gasteiger partial charge in [0.05, 0.1) is 12.0 Å². The Morgan fingerprint density at radius 3 is 2.00 bits per heavy atom. The number of rotatable bonds is 3. The molecule has 0 spiro atoms. The van der Waals surface area contributed by atoms with Crippen LogP contribution in [-0.2, 0) is 5.60 Å². The zero-order chi connectivity index (χ0) is 30.1. The van der Waals surface area contributed by atoms with Gasteiger partial charge in [-0.2, -0.15) is 0 Å². The fraction of sp³-hybridized carbons (Fsp3) is 0.133. The zero-order valence-corrected chi connectivity index (χ0v) is 21.3. The highest BCUT2D eigenvalue weighted by atomic mass is 16.5. The highest BCUT2D eigenvalue weighted by Crippen LogP contribution is 2.57. The predicted molar refractivity (Wildman–Crippen MR) is 141 cm³/mol. The lowest BCUT2D eigenvalue weighted by Crippen LogP contribution is -2.48. The van der Waals surface area contributed by atoms with E-state index in [1.54, 1.807) is 0 Å². The van der Waals surface area contributed by atoms with Crippen LogP contribution in [0, 0.1) is 0 Å². The van der Waals surface area contributed by atoms with E-state index in [0.29, 0.717) is 0 Å². The summed E-state index contributed by atoms with van der Waals surface area (Å²) in [5.41, 5.74) is -4.29. The number of carbonyl (C=O) groups is 2. The summed E-state index contributed by atoms with van der Waals surface area (Å²) in [6, 6.07) is 11.5. The average Bonchev–Trinajstić information content (AvgIpc) is 2.92. The van der Waals surface area contributed by atoms with Crippen LogP contribution in [0.2, 0.25) is 0 Å². The number of fused-ring (bicyclic) bond motifs is 2. The monoisotopic (exact) mass is 574 g/mol. The molecule has 2 aliphatic rings. The Labute approximate surface area is 236 Å². The molecule has 4 aromatic rings. The van der Waals surface area contributed by atoms with Crippen LogP contribution in [0.4, 0.5) is 0 Å². The Bertz CT molecular complexity index is 1800. The van der Waals surface area contributed by atoms with E-state index in [0.717, 1.165) is 30.3 Å². The third kappa shape index (κ3) is 3.88. The maximum Gasteiger partial charge on any atom is 0.210 e. The first kappa shape index (κ1) is 26.6. The maximum absolute atomic E-state index is 14.2. The molecule has 2 aliphatic heterocycles. The molecule has 0 aliphatic carbocycles. The topological polar surface area (TPSA) is 214 Å². The van der Waals surface area contributed by atoms with Crippen molar-refractivity contribution >= 4 is 11.6 Å². The van der Waals surface area contributed by atoms with Crippen LogP contribution in [0.15, 0.2) is 60.7 Å². The van der Waals surface area contributed by atoms with Gasteiger partial charge in [0.15, 0.2) is 23.4 Å². The van der Waals surface area contributed by atoms with Crippen molar-refractivity contribution in [2.45, 2.75) is 24.2 Å². The SMILES string of the molecule is O=C1C[C@H](c2ccc(O)c(O)c2)Oc2c1c(O)cc(O)c2[C@]1(O)C(=O)c2c(O)cc(O)cc2O[C@H]1c1ccc(O)cc1. The molecule has 214 valence electrons. The molecular formula is C30H22O12. The van der Waals surface area contributed by atoms with Crippen LogP contribution in [0.5, 0.6) is 51.7 Å². The Kier molecular flexibility index (Phi) is 5.83. The van der Waals surface area contributed by atoms with Crippen LogP contribution in [0.1, 0.15) is 56.0 Å². The first-order valence-electron chi connectivity index (χ1n) is 12.5. The Morgan fingerprint density at radius 1 is 0.643 bits per heavy atom. The molecule has 6 rings (SSSR count). The summed E-state index contributed by atoms with van der Waals surface area (Å²) in [6.45, 7) is 0. The lowest BCUT2D eigenvalue weighted by atomic mass is 9.74. The van der Waals surface area contributed by atoms with Crippen molar-refractivity contribution in [2.24, 2.45) is 0 Å². The number of aromatic hydroxyl groups is 7. The van der Waals surface area contributed by atoms with Crippen molar-refractivity contribution in [3.05, 3.63) is 88.5 Å². The molecule has 0 saturated carbocycles. The Hall–Kier alpha value is -5.62. The van der Waals surface area contributed by atoms with Crippen molar-refractivity contribution in [3.63, 3.8) is 0 Å². The summed E-state index contributed by atoms with van der Waals surface area (Å²) in [7, 11) is 0. The van der Waals surface area contributed by atoms with Gasteiger partial charge < -0.3 is 50.3 Å². The molecule has 42 heavy (non-hydrogen) atoms. The highest BCUT2D eigenvalue weighted by molar-refractivity contribution is 6.11. The number of carbonyl (C=O) groups excluding carboxylic acids is 2. The molecule has 8 N–H and O–H groups in total. The molecule has 0 unspecified atom stereocenters. The molecule has 12 heteroatoms. The quantitative estimate of drug-likeness (QED) is 0.165. The summed E-state index contributed by atoms with van der Waals surface area (Å²) in [5, 5.41) is 84.3. The van der Waals surface area contributed by atoms with Crippen molar-refractivity contribution < 1.29 is 59.9 Å². The first-order chi connectivity index (χ1) is 19.9. The number of hydrogen-bond donors (Lipinski definition) is 8. The summed E-state index contributed by atoms with van der Waals surface area (Å²) < 4.78 is 12.0. The second-order valence-corrected chi connectivity index (χ2v) is 10.00. The number of phenols is 7. The molecular weight excluding hydrogens is 552 g/mol. The third-order valence-electron chi connectivity index (χ3n) is 7.36. The van der Waals surface area contributed by atoms with Gasteiger partial charge in [-0.25, -0.2) is 0 Å². The minimum absolute atomic E-state index is 0.0977. The van der Waals surface area contributed by atoms with Crippen LogP contribution < -0.4 is 9.47 Å². The molecule has 0 fully saturated rings. The standard InChI is InChI=1S/C30H22O12/c31-14-4-1-12(2-5-14)29-30(40,28(39)25-18(35)8-15(32)9-23(25)42-29)26-21(38)10-19(36)24-20(37)11-22(41-27(24)26)13-3-6-16(33)17(34)7-13/h1-10,22,29,31-36,38,40H,11H2/t22-,29+,30+/m1/s1. The second kappa shape index (κ2) is 9.21. The van der Waals surface area contributed by atoms with Gasteiger partial charge >= 0.3 is 0 Å². The largest absolute Gasteiger partial charge is 0.508 e. The van der Waals surface area contributed by atoms with E-state index >= 15 is 0 Å². The number of ketones is 2. The van der Waals surface area contributed by atoms with Crippen molar-refractivity contribution in [1.29, 1.82) is 0 Å². The van der Waals surface area contributed by atoms with Gasteiger partial charge in [-0.1, -0.05) is 18.2 Å². The van der Waals surface area contributed by atoms with Crippen LogP contribution in [0.3, 0.4) is 0 Å². The van der Waals surface area contributed by atoms with Crippen molar-refractivity contribution in [3.8, 4) is 51.7 Å². The van der Waals surface area contributed by atoms with Crippen molar-refractivity contribution in [1.82, 2.24) is 0 Å². The number of aliphatic hydroxyl groups is 1. The van der Waals surface area contributed by atoms with Crippen LogP contribution in [-0.4, -0.2) is 52.4 Å². The van der Waals surface area contributed by atoms with E-state index < -0.39 is 86.3 Å². The minimum Gasteiger partial charge on any atom is -0.508 e. The predicted octanol–water partition coefficient (Wildman–Crippen LogP) is 3.54. The van der Waals surface area contributed by atoms with Gasteiger partial charge in [0.25, 0.3) is 0 Å². The summed E-state index contributed by atoms with van der Waals surface area (Å²) in [6.07, 6.45) is -3.23. The molecule has 0 radical (unpaired) electrons. The van der Waals surface area contributed by atoms with Crippen molar-refractivity contribution in [2.75, 3.05) is 0 Å².